The third-order valence-corrected chi connectivity index (χ3v) is 4.87. The molecule has 0 saturated heterocycles. The molecule has 0 spiro atoms. The van der Waals surface area contributed by atoms with E-state index in [-0.39, 0.29) is 5.91 Å². The van der Waals surface area contributed by atoms with Gasteiger partial charge in [-0.1, -0.05) is 46.9 Å². The van der Waals surface area contributed by atoms with E-state index in [1.165, 1.54) is 11.3 Å². The molecule has 0 atom stereocenters. The molecule has 4 rings (SSSR count). The number of amides is 1. The van der Waals surface area contributed by atoms with E-state index < -0.39 is 0 Å². The number of anilines is 1. The van der Waals surface area contributed by atoms with Crippen LogP contribution in [0, 0.1) is 0 Å². The minimum atomic E-state index is -0.205. The molecule has 0 unspecified atom stereocenters. The zero-order chi connectivity index (χ0) is 17.2. The van der Waals surface area contributed by atoms with Crippen LogP contribution in [0.15, 0.2) is 60.8 Å². The number of carbonyl (C=O) groups excluding carboxylic acids is 1. The summed E-state index contributed by atoms with van der Waals surface area (Å²) < 4.78 is 2.65. The molecule has 0 saturated carbocycles. The van der Waals surface area contributed by atoms with Gasteiger partial charge in [0.2, 0.25) is 0 Å². The van der Waals surface area contributed by atoms with Gasteiger partial charge in [-0.25, -0.2) is 9.67 Å². The fraction of sp³-hybridized carbons (Fsp3) is 0.111. The molecular weight excluding hydrogens is 334 g/mol. The fourth-order valence-electron chi connectivity index (χ4n) is 2.55. The minimum absolute atomic E-state index is 0.205. The molecule has 0 bridgehead atoms. The molecule has 0 radical (unpaired) electrons. The third kappa shape index (κ3) is 2.89. The van der Waals surface area contributed by atoms with E-state index in [1.807, 2.05) is 61.5 Å². The van der Waals surface area contributed by atoms with E-state index in [1.54, 1.807) is 15.8 Å². The predicted molar refractivity (Wildman–Crippen MR) is 98.3 cm³/mol. The first kappa shape index (κ1) is 15.5. The van der Waals surface area contributed by atoms with Crippen LogP contribution in [0.4, 0.5) is 5.13 Å². The van der Waals surface area contributed by atoms with E-state index in [9.17, 15) is 4.79 Å². The minimum Gasteiger partial charge on any atom is -0.283 e. The quantitative estimate of drug-likeness (QED) is 0.565. The van der Waals surface area contributed by atoms with Crippen LogP contribution in [0.5, 0.6) is 0 Å². The smallest absolute Gasteiger partial charge is 0.282 e. The van der Waals surface area contributed by atoms with Crippen LogP contribution in [0.25, 0.3) is 15.9 Å². The van der Waals surface area contributed by atoms with Crippen molar-refractivity contribution in [3.63, 3.8) is 0 Å². The van der Waals surface area contributed by atoms with Gasteiger partial charge in [-0.15, -0.1) is 5.10 Å². The number of hydrogen-bond acceptors (Lipinski definition) is 5. The summed E-state index contributed by atoms with van der Waals surface area (Å²) in [5.74, 6) is -0.205. The molecule has 4 aromatic rings. The number of aromatic nitrogens is 4. The number of carbonyl (C=O) groups is 1. The summed E-state index contributed by atoms with van der Waals surface area (Å²) in [5.41, 5.74) is 2.05. The van der Waals surface area contributed by atoms with Crippen LogP contribution in [0.3, 0.4) is 0 Å². The maximum absolute atomic E-state index is 12.9. The van der Waals surface area contributed by atoms with Crippen LogP contribution >= 0.6 is 11.3 Å². The summed E-state index contributed by atoms with van der Waals surface area (Å²) in [6, 6.07) is 17.4. The third-order valence-electron chi connectivity index (χ3n) is 3.81. The average Bonchev–Trinajstić information content (AvgIpc) is 3.30. The Hall–Kier alpha value is -3.06. The van der Waals surface area contributed by atoms with Gasteiger partial charge in [-0.05, 0) is 31.2 Å². The van der Waals surface area contributed by atoms with Gasteiger partial charge in [0.25, 0.3) is 5.91 Å². The van der Waals surface area contributed by atoms with Crippen molar-refractivity contribution in [3.8, 4) is 5.69 Å². The van der Waals surface area contributed by atoms with E-state index in [0.29, 0.717) is 17.4 Å². The first-order valence-corrected chi connectivity index (χ1v) is 8.73. The molecule has 6 nitrogen and oxygen atoms in total. The van der Waals surface area contributed by atoms with Gasteiger partial charge in [0, 0.05) is 6.54 Å². The maximum Gasteiger partial charge on any atom is 0.282 e. The van der Waals surface area contributed by atoms with Crippen molar-refractivity contribution < 1.29 is 4.79 Å². The van der Waals surface area contributed by atoms with Gasteiger partial charge < -0.3 is 0 Å². The zero-order valence-electron chi connectivity index (χ0n) is 13.5. The van der Waals surface area contributed by atoms with Crippen molar-refractivity contribution in [3.05, 3.63) is 66.5 Å². The highest BCUT2D eigenvalue weighted by Crippen LogP contribution is 2.29. The number of benzene rings is 2. The van der Waals surface area contributed by atoms with E-state index in [2.05, 4.69) is 15.3 Å². The van der Waals surface area contributed by atoms with Crippen molar-refractivity contribution in [2.75, 3.05) is 11.4 Å². The lowest BCUT2D eigenvalue weighted by atomic mass is 10.3. The molecule has 0 N–H and O–H groups in total. The van der Waals surface area contributed by atoms with Gasteiger partial charge in [0.15, 0.2) is 10.8 Å². The number of hydrogen-bond donors (Lipinski definition) is 0. The Kier molecular flexibility index (Phi) is 3.99. The van der Waals surface area contributed by atoms with E-state index >= 15 is 0 Å². The van der Waals surface area contributed by atoms with Gasteiger partial charge in [0.1, 0.15) is 0 Å². The Bertz CT molecular complexity index is 991. The first-order valence-electron chi connectivity index (χ1n) is 7.91. The lowest BCUT2D eigenvalue weighted by Gasteiger charge is -2.15. The Balaban J connectivity index is 1.65. The normalized spacial score (nSPS) is 10.9. The van der Waals surface area contributed by atoms with Gasteiger partial charge >= 0.3 is 0 Å². The molecule has 25 heavy (non-hydrogen) atoms. The lowest BCUT2D eigenvalue weighted by molar-refractivity contribution is 0.0983. The average molecular weight is 349 g/mol. The lowest BCUT2D eigenvalue weighted by Crippen LogP contribution is -2.30. The number of fused-ring (bicyclic) bond motifs is 1. The Morgan fingerprint density at radius 1 is 1.12 bits per heavy atom. The molecule has 2 aromatic carbocycles. The Labute approximate surface area is 148 Å². The van der Waals surface area contributed by atoms with Crippen molar-refractivity contribution in [2.24, 2.45) is 0 Å². The number of rotatable bonds is 4. The summed E-state index contributed by atoms with van der Waals surface area (Å²) >= 11 is 1.50. The summed E-state index contributed by atoms with van der Waals surface area (Å²) in [4.78, 5) is 19.1. The number of para-hydroxylation sites is 2. The van der Waals surface area contributed by atoms with Crippen LogP contribution in [-0.4, -0.2) is 32.4 Å². The maximum atomic E-state index is 12.9. The van der Waals surface area contributed by atoms with E-state index in [0.717, 1.165) is 15.9 Å². The first-order chi connectivity index (χ1) is 12.3. The standard InChI is InChI=1S/C18H15N5OS/c1-2-22(18-19-14-10-6-7-11-16(14)25-18)17(24)15-12-23(21-20-15)13-8-4-3-5-9-13/h3-12H,2H2,1H3. The SMILES string of the molecule is CCN(C(=O)c1cn(-c2ccccc2)nn1)c1nc2ccccc2s1. The van der Waals surface area contributed by atoms with Crippen LogP contribution in [0.1, 0.15) is 17.4 Å². The summed E-state index contributed by atoms with van der Waals surface area (Å²) in [6.07, 6.45) is 1.65. The topological polar surface area (TPSA) is 63.9 Å². The molecule has 7 heteroatoms. The number of nitrogens with zero attached hydrogens (tertiary/aromatic N) is 5. The second kappa shape index (κ2) is 6.45. The van der Waals surface area contributed by atoms with Gasteiger partial charge in [-0.3, -0.25) is 9.69 Å². The molecule has 0 fully saturated rings. The highest BCUT2D eigenvalue weighted by atomic mass is 32.1. The Morgan fingerprint density at radius 3 is 2.64 bits per heavy atom. The van der Waals surface area contributed by atoms with Crippen molar-refractivity contribution in [2.45, 2.75) is 6.92 Å². The Morgan fingerprint density at radius 2 is 1.88 bits per heavy atom. The summed E-state index contributed by atoms with van der Waals surface area (Å²) in [7, 11) is 0. The molecule has 0 aliphatic rings. The highest BCUT2D eigenvalue weighted by Gasteiger charge is 2.22. The zero-order valence-corrected chi connectivity index (χ0v) is 14.3. The molecule has 2 aromatic heterocycles. The molecule has 124 valence electrons. The fourth-order valence-corrected chi connectivity index (χ4v) is 3.58. The van der Waals surface area contributed by atoms with E-state index in [4.69, 9.17) is 0 Å². The second-order valence-corrected chi connectivity index (χ2v) is 6.41. The molecule has 0 aliphatic heterocycles. The van der Waals surface area contributed by atoms with Crippen LogP contribution in [0.2, 0.25) is 0 Å². The largest absolute Gasteiger partial charge is 0.283 e. The predicted octanol–water partition coefficient (Wildman–Crippen LogP) is 3.54. The molecule has 0 aliphatic carbocycles. The summed E-state index contributed by atoms with van der Waals surface area (Å²) in [5, 5.41) is 8.77. The molecule has 1 amide bonds. The van der Waals surface area contributed by atoms with Crippen molar-refractivity contribution in [1.29, 1.82) is 0 Å². The van der Waals surface area contributed by atoms with Crippen LogP contribution in [-0.2, 0) is 0 Å². The summed E-state index contributed by atoms with van der Waals surface area (Å²) in [6.45, 7) is 2.43. The molecular formula is C18H15N5OS. The van der Waals surface area contributed by atoms with Gasteiger partial charge in [0.05, 0.1) is 22.1 Å². The molecule has 2 heterocycles. The monoisotopic (exact) mass is 349 g/mol. The van der Waals surface area contributed by atoms with Gasteiger partial charge in [-0.2, -0.15) is 0 Å². The van der Waals surface area contributed by atoms with Crippen LogP contribution < -0.4 is 4.90 Å². The highest BCUT2D eigenvalue weighted by molar-refractivity contribution is 7.22. The van der Waals surface area contributed by atoms with Crippen molar-refractivity contribution in [1.82, 2.24) is 20.0 Å². The van der Waals surface area contributed by atoms with Crippen molar-refractivity contribution >= 4 is 32.6 Å². The number of thiazole rings is 1. The second-order valence-electron chi connectivity index (χ2n) is 5.40.